The zero-order valence-corrected chi connectivity index (χ0v) is 24.2. The minimum Gasteiger partial charge on any atom is -0.379 e. The maximum atomic E-state index is 5.92. The summed E-state index contributed by atoms with van der Waals surface area (Å²) < 4.78 is 11.7. The lowest BCUT2D eigenvalue weighted by Gasteiger charge is -2.13. The number of ether oxygens (including phenoxy) is 2. The lowest BCUT2D eigenvalue weighted by molar-refractivity contribution is -0.00869. The van der Waals surface area contributed by atoms with Crippen LogP contribution in [-0.4, -0.2) is 25.9 Å². The molecule has 0 aliphatic rings. The number of rotatable bonds is 29. The molecule has 3 heteroatoms. The second-order valence-corrected chi connectivity index (χ2v) is 10.5. The summed E-state index contributed by atoms with van der Waals surface area (Å²) in [7, 11) is 0. The molecule has 0 saturated carbocycles. The van der Waals surface area contributed by atoms with Crippen molar-refractivity contribution in [2.45, 2.75) is 181 Å². The van der Waals surface area contributed by atoms with Crippen molar-refractivity contribution in [1.82, 2.24) is 6.15 Å². The molecular weight excluding hydrogens is 418 g/mol. The number of unbranched alkanes of at least 4 members (excludes halogenated alkanes) is 22. The van der Waals surface area contributed by atoms with E-state index >= 15 is 0 Å². The molecule has 0 aliphatic heterocycles. The first-order chi connectivity index (χ1) is 16.3. The van der Waals surface area contributed by atoms with E-state index in [9.17, 15) is 0 Å². The van der Waals surface area contributed by atoms with E-state index in [2.05, 4.69) is 20.8 Å². The molecule has 0 amide bonds. The van der Waals surface area contributed by atoms with Crippen LogP contribution in [0.4, 0.5) is 0 Å². The van der Waals surface area contributed by atoms with Gasteiger partial charge in [-0.2, -0.15) is 0 Å². The summed E-state index contributed by atoms with van der Waals surface area (Å²) in [4.78, 5) is 0. The molecule has 3 N–H and O–H groups in total. The van der Waals surface area contributed by atoms with E-state index in [4.69, 9.17) is 9.47 Å². The van der Waals surface area contributed by atoms with Gasteiger partial charge in [-0.1, -0.05) is 155 Å². The topological polar surface area (TPSA) is 53.5 Å². The van der Waals surface area contributed by atoms with Crippen LogP contribution in [0, 0.1) is 0 Å². The minimum absolute atomic E-state index is 0. The smallest absolute Gasteiger partial charge is 0.0780 e. The molecular formula is C31H67NO2. The Kier molecular flexibility index (Phi) is 34.9. The fourth-order valence-corrected chi connectivity index (χ4v) is 4.57. The summed E-state index contributed by atoms with van der Waals surface area (Å²) in [5.74, 6) is 0. The van der Waals surface area contributed by atoms with Gasteiger partial charge in [-0.3, -0.25) is 0 Å². The van der Waals surface area contributed by atoms with E-state index in [1.165, 1.54) is 154 Å². The Bertz CT molecular complexity index is 337. The van der Waals surface area contributed by atoms with Crippen LogP contribution in [0.1, 0.15) is 175 Å². The summed E-state index contributed by atoms with van der Waals surface area (Å²) in [6.07, 6.45) is 33.8. The molecule has 0 heterocycles. The molecule has 0 saturated heterocycles. The molecule has 0 bridgehead atoms. The molecule has 1 atom stereocenters. The van der Waals surface area contributed by atoms with E-state index < -0.39 is 0 Å². The Balaban J connectivity index is 0. The van der Waals surface area contributed by atoms with Gasteiger partial charge in [0.15, 0.2) is 0 Å². The lowest BCUT2D eigenvalue weighted by Crippen LogP contribution is -2.17. The van der Waals surface area contributed by atoms with Gasteiger partial charge in [0.2, 0.25) is 0 Å². The van der Waals surface area contributed by atoms with Crippen molar-refractivity contribution in [3.8, 4) is 0 Å². The zero-order chi connectivity index (χ0) is 24.1. The van der Waals surface area contributed by atoms with Crippen molar-refractivity contribution in [1.29, 1.82) is 0 Å². The SMILES string of the molecule is CCCCCCCCCCCCCCOCC(C)OCCCCCCCCCCCCCC.N. The first-order valence-corrected chi connectivity index (χ1v) is 15.5. The van der Waals surface area contributed by atoms with Crippen LogP contribution >= 0.6 is 0 Å². The fourth-order valence-electron chi connectivity index (χ4n) is 4.57. The molecule has 0 radical (unpaired) electrons. The summed E-state index contributed by atoms with van der Waals surface area (Å²) >= 11 is 0. The van der Waals surface area contributed by atoms with Gasteiger partial charge in [0.1, 0.15) is 0 Å². The summed E-state index contributed by atoms with van der Waals surface area (Å²) in [6, 6.07) is 0. The highest BCUT2D eigenvalue weighted by atomic mass is 16.5. The quantitative estimate of drug-likeness (QED) is 0.107. The second kappa shape index (κ2) is 32.9. The Morgan fingerprint density at radius 1 is 0.412 bits per heavy atom. The van der Waals surface area contributed by atoms with Crippen molar-refractivity contribution in [2.24, 2.45) is 0 Å². The average molecular weight is 486 g/mol. The van der Waals surface area contributed by atoms with Crippen molar-refractivity contribution >= 4 is 0 Å². The molecule has 0 aliphatic carbocycles. The molecule has 0 rings (SSSR count). The van der Waals surface area contributed by atoms with Gasteiger partial charge in [-0.15, -0.1) is 0 Å². The molecule has 1 unspecified atom stereocenters. The lowest BCUT2D eigenvalue weighted by atomic mass is 10.1. The molecule has 3 nitrogen and oxygen atoms in total. The predicted molar refractivity (Wildman–Crippen MR) is 153 cm³/mol. The van der Waals surface area contributed by atoms with Crippen molar-refractivity contribution in [3.05, 3.63) is 0 Å². The molecule has 208 valence electrons. The van der Waals surface area contributed by atoms with E-state index in [-0.39, 0.29) is 12.3 Å². The van der Waals surface area contributed by atoms with E-state index in [0.717, 1.165) is 19.8 Å². The molecule has 0 spiro atoms. The highest BCUT2D eigenvalue weighted by molar-refractivity contribution is 4.52. The zero-order valence-electron chi connectivity index (χ0n) is 24.2. The Hall–Kier alpha value is -0.120. The normalized spacial score (nSPS) is 12.1. The third kappa shape index (κ3) is 31.9. The van der Waals surface area contributed by atoms with Gasteiger partial charge in [0.05, 0.1) is 12.7 Å². The van der Waals surface area contributed by atoms with Gasteiger partial charge in [0.25, 0.3) is 0 Å². The molecule has 0 aromatic carbocycles. The largest absolute Gasteiger partial charge is 0.379 e. The molecule has 34 heavy (non-hydrogen) atoms. The number of hydrogen-bond acceptors (Lipinski definition) is 3. The molecule has 0 aromatic heterocycles. The standard InChI is InChI=1S/C31H64O2.H3N/c1-4-6-8-10-12-14-16-18-20-22-24-26-28-32-30-31(3)33-29-27-25-23-21-19-17-15-13-11-9-7-5-2;/h31H,4-30H2,1-3H3;1H3. The van der Waals surface area contributed by atoms with Gasteiger partial charge in [-0.25, -0.2) is 0 Å². The Labute approximate surface area is 216 Å². The van der Waals surface area contributed by atoms with Crippen LogP contribution in [0.3, 0.4) is 0 Å². The first kappa shape index (κ1) is 36.0. The van der Waals surface area contributed by atoms with Gasteiger partial charge < -0.3 is 15.6 Å². The van der Waals surface area contributed by atoms with Gasteiger partial charge in [-0.05, 0) is 19.8 Å². The first-order valence-electron chi connectivity index (χ1n) is 15.5. The van der Waals surface area contributed by atoms with Gasteiger partial charge >= 0.3 is 0 Å². The highest BCUT2D eigenvalue weighted by Crippen LogP contribution is 2.13. The second-order valence-electron chi connectivity index (χ2n) is 10.5. The van der Waals surface area contributed by atoms with Crippen LogP contribution in [0.5, 0.6) is 0 Å². The van der Waals surface area contributed by atoms with Crippen LogP contribution in [-0.2, 0) is 9.47 Å². The third-order valence-electron chi connectivity index (χ3n) is 6.90. The summed E-state index contributed by atoms with van der Waals surface area (Å²) in [5, 5.41) is 0. The van der Waals surface area contributed by atoms with Crippen molar-refractivity contribution < 1.29 is 9.47 Å². The third-order valence-corrected chi connectivity index (χ3v) is 6.90. The predicted octanol–water partition coefficient (Wildman–Crippen LogP) is 11.0. The van der Waals surface area contributed by atoms with Crippen LogP contribution in [0.25, 0.3) is 0 Å². The Morgan fingerprint density at radius 3 is 1.06 bits per heavy atom. The van der Waals surface area contributed by atoms with E-state index in [1.807, 2.05) is 0 Å². The Morgan fingerprint density at radius 2 is 0.706 bits per heavy atom. The van der Waals surface area contributed by atoms with E-state index in [0.29, 0.717) is 0 Å². The maximum absolute atomic E-state index is 5.92. The fraction of sp³-hybridized carbons (Fsp3) is 1.00. The van der Waals surface area contributed by atoms with Crippen LogP contribution in [0.15, 0.2) is 0 Å². The van der Waals surface area contributed by atoms with Gasteiger partial charge in [0, 0.05) is 13.2 Å². The maximum Gasteiger partial charge on any atom is 0.0780 e. The molecule has 0 aromatic rings. The summed E-state index contributed by atoms with van der Waals surface area (Å²) in [5.41, 5.74) is 0. The van der Waals surface area contributed by atoms with Crippen molar-refractivity contribution in [2.75, 3.05) is 19.8 Å². The van der Waals surface area contributed by atoms with Crippen LogP contribution < -0.4 is 6.15 Å². The average Bonchev–Trinajstić information content (AvgIpc) is 2.82. The minimum atomic E-state index is 0. The van der Waals surface area contributed by atoms with Crippen molar-refractivity contribution in [3.63, 3.8) is 0 Å². The molecule has 0 fully saturated rings. The monoisotopic (exact) mass is 486 g/mol. The van der Waals surface area contributed by atoms with E-state index in [1.54, 1.807) is 0 Å². The highest BCUT2D eigenvalue weighted by Gasteiger charge is 2.02. The summed E-state index contributed by atoms with van der Waals surface area (Å²) in [6.45, 7) is 9.31. The van der Waals surface area contributed by atoms with Crippen LogP contribution in [0.2, 0.25) is 0 Å². The number of hydrogen-bond donors (Lipinski definition) is 1.